The number of halogens is 4. The minimum absolute atomic E-state index is 0.280. The van der Waals surface area contributed by atoms with Gasteiger partial charge in [0.15, 0.2) is 0 Å². The Morgan fingerprint density at radius 1 is 1.20 bits per heavy atom. The van der Waals surface area contributed by atoms with Crippen molar-refractivity contribution in [3.63, 3.8) is 0 Å². The summed E-state index contributed by atoms with van der Waals surface area (Å²) in [6, 6.07) is 8.17. The monoisotopic (exact) mass is 369 g/mol. The smallest absolute Gasteiger partial charge is 0.416 e. The van der Waals surface area contributed by atoms with E-state index in [9.17, 15) is 18.0 Å². The van der Waals surface area contributed by atoms with Gasteiger partial charge in [-0.05, 0) is 54.8 Å². The predicted molar refractivity (Wildman–Crippen MR) is 89.4 cm³/mol. The highest BCUT2D eigenvalue weighted by molar-refractivity contribution is 6.31. The molecule has 3 rings (SSSR count). The van der Waals surface area contributed by atoms with Crippen molar-refractivity contribution in [2.75, 3.05) is 18.6 Å². The average Bonchev–Trinajstić information content (AvgIpc) is 2.59. The van der Waals surface area contributed by atoms with Crippen LogP contribution in [0.5, 0.6) is 5.75 Å². The standard InChI is InChI=1S/C18H15ClF3NO2/c1-25-16-7-5-13(19)10-14(16)17(24)23-8-2-3-11-9-12(18(20,21)22)4-6-15(11)23/h4-7,9-10H,2-3,8H2,1H3. The minimum atomic E-state index is -4.41. The number of aryl methyl sites for hydroxylation is 1. The molecule has 0 bridgehead atoms. The number of nitrogens with zero attached hydrogens (tertiary/aromatic N) is 1. The van der Waals surface area contributed by atoms with Crippen molar-refractivity contribution in [1.29, 1.82) is 0 Å². The third-order valence-electron chi connectivity index (χ3n) is 4.16. The lowest BCUT2D eigenvalue weighted by atomic mass is 9.98. The van der Waals surface area contributed by atoms with Crippen LogP contribution in [0.25, 0.3) is 0 Å². The third kappa shape index (κ3) is 3.44. The maximum atomic E-state index is 12.9. The second-order valence-corrected chi connectivity index (χ2v) is 6.18. The molecule has 0 fully saturated rings. The minimum Gasteiger partial charge on any atom is -0.496 e. The summed E-state index contributed by atoms with van der Waals surface area (Å²) < 4.78 is 43.9. The Balaban J connectivity index is 2.01. The molecule has 0 radical (unpaired) electrons. The van der Waals surface area contributed by atoms with Gasteiger partial charge in [0.1, 0.15) is 5.75 Å². The summed E-state index contributed by atoms with van der Waals surface area (Å²) in [6.07, 6.45) is -3.32. The normalized spacial score (nSPS) is 14.2. The van der Waals surface area contributed by atoms with Gasteiger partial charge in [0.2, 0.25) is 0 Å². The summed E-state index contributed by atoms with van der Waals surface area (Å²) in [7, 11) is 1.44. The quantitative estimate of drug-likeness (QED) is 0.748. The molecule has 0 aromatic heterocycles. The van der Waals surface area contributed by atoms with Crippen LogP contribution in [0.2, 0.25) is 5.02 Å². The highest BCUT2D eigenvalue weighted by Crippen LogP contribution is 2.36. The Bertz CT molecular complexity index is 820. The highest BCUT2D eigenvalue weighted by Gasteiger charge is 2.33. The first kappa shape index (κ1) is 17.6. The number of alkyl halides is 3. The van der Waals surface area contributed by atoms with Crippen molar-refractivity contribution < 1.29 is 22.7 Å². The molecule has 25 heavy (non-hydrogen) atoms. The summed E-state index contributed by atoms with van der Waals surface area (Å²) in [5.41, 5.74) is 0.574. The van der Waals surface area contributed by atoms with E-state index in [1.807, 2.05) is 0 Å². The van der Waals surface area contributed by atoms with E-state index in [0.717, 1.165) is 12.1 Å². The lowest BCUT2D eigenvalue weighted by Gasteiger charge is -2.30. The van der Waals surface area contributed by atoms with Crippen molar-refractivity contribution >= 4 is 23.2 Å². The Hall–Kier alpha value is -2.21. The lowest BCUT2D eigenvalue weighted by Crippen LogP contribution is -2.35. The van der Waals surface area contributed by atoms with Crippen LogP contribution in [0.4, 0.5) is 18.9 Å². The molecule has 7 heteroatoms. The zero-order chi connectivity index (χ0) is 18.2. The zero-order valence-corrected chi connectivity index (χ0v) is 14.1. The van der Waals surface area contributed by atoms with Crippen LogP contribution in [0, 0.1) is 0 Å². The van der Waals surface area contributed by atoms with Crippen molar-refractivity contribution in [2.45, 2.75) is 19.0 Å². The number of ether oxygens (including phenoxy) is 1. The molecule has 0 N–H and O–H groups in total. The molecule has 0 atom stereocenters. The second kappa shape index (κ2) is 6.59. The molecule has 2 aromatic carbocycles. The highest BCUT2D eigenvalue weighted by atomic mass is 35.5. The van der Waals surface area contributed by atoms with Crippen LogP contribution < -0.4 is 9.64 Å². The SMILES string of the molecule is COc1ccc(Cl)cc1C(=O)N1CCCc2cc(C(F)(F)F)ccc21. The number of carbonyl (C=O) groups is 1. The fraction of sp³-hybridized carbons (Fsp3) is 0.278. The van der Waals surface area contributed by atoms with E-state index in [1.54, 1.807) is 12.1 Å². The Morgan fingerprint density at radius 3 is 2.64 bits per heavy atom. The number of benzene rings is 2. The maximum absolute atomic E-state index is 12.9. The predicted octanol–water partition coefficient (Wildman–Crippen LogP) is 4.96. The molecule has 0 spiro atoms. The summed E-state index contributed by atoms with van der Waals surface area (Å²) in [6.45, 7) is 0.423. The van der Waals surface area contributed by atoms with Crippen LogP contribution in [0.15, 0.2) is 36.4 Å². The van der Waals surface area contributed by atoms with Gasteiger partial charge in [0.25, 0.3) is 5.91 Å². The molecule has 1 amide bonds. The first-order chi connectivity index (χ1) is 11.8. The topological polar surface area (TPSA) is 29.5 Å². The van der Waals surface area contributed by atoms with Crippen LogP contribution in [-0.2, 0) is 12.6 Å². The van der Waals surface area contributed by atoms with Crippen molar-refractivity contribution in [1.82, 2.24) is 0 Å². The third-order valence-corrected chi connectivity index (χ3v) is 4.40. The largest absolute Gasteiger partial charge is 0.496 e. The van der Waals surface area contributed by atoms with Crippen molar-refractivity contribution in [3.8, 4) is 5.75 Å². The van der Waals surface area contributed by atoms with Gasteiger partial charge >= 0.3 is 6.18 Å². The molecular formula is C18H15ClF3NO2. The van der Waals surface area contributed by atoms with Gasteiger partial charge in [-0.1, -0.05) is 11.6 Å². The van der Waals surface area contributed by atoms with Gasteiger partial charge in [0.05, 0.1) is 18.2 Å². The number of hydrogen-bond acceptors (Lipinski definition) is 2. The molecule has 1 heterocycles. The number of carbonyl (C=O) groups excluding carboxylic acids is 1. The number of rotatable bonds is 2. The molecular weight excluding hydrogens is 355 g/mol. The molecule has 132 valence electrons. The average molecular weight is 370 g/mol. The molecule has 0 saturated heterocycles. The number of methoxy groups -OCH3 is 1. The first-order valence-electron chi connectivity index (χ1n) is 7.67. The van der Waals surface area contributed by atoms with E-state index in [0.29, 0.717) is 41.4 Å². The van der Waals surface area contributed by atoms with Gasteiger partial charge in [-0.15, -0.1) is 0 Å². The molecule has 0 aliphatic carbocycles. The molecule has 0 saturated carbocycles. The Morgan fingerprint density at radius 2 is 1.96 bits per heavy atom. The van der Waals surface area contributed by atoms with Gasteiger partial charge < -0.3 is 9.64 Å². The Labute approximate surface area is 148 Å². The van der Waals surface area contributed by atoms with Crippen molar-refractivity contribution in [2.24, 2.45) is 0 Å². The van der Waals surface area contributed by atoms with Crippen molar-refractivity contribution in [3.05, 3.63) is 58.1 Å². The van der Waals surface area contributed by atoms with E-state index in [2.05, 4.69) is 0 Å². The summed E-state index contributed by atoms with van der Waals surface area (Å²) in [4.78, 5) is 14.4. The van der Waals surface area contributed by atoms with E-state index >= 15 is 0 Å². The first-order valence-corrected chi connectivity index (χ1v) is 8.04. The molecule has 2 aromatic rings. The molecule has 1 aliphatic rings. The van der Waals surface area contributed by atoms with E-state index in [1.165, 1.54) is 24.1 Å². The molecule has 0 unspecified atom stereocenters. The second-order valence-electron chi connectivity index (χ2n) is 5.75. The van der Waals surface area contributed by atoms with Gasteiger partial charge in [-0.2, -0.15) is 13.2 Å². The summed E-state index contributed by atoms with van der Waals surface area (Å²) >= 11 is 5.98. The van der Waals surface area contributed by atoms with Gasteiger partial charge in [-0.25, -0.2) is 0 Å². The Kier molecular flexibility index (Phi) is 4.64. The number of anilines is 1. The number of fused-ring (bicyclic) bond motifs is 1. The van der Waals surface area contributed by atoms with Gasteiger partial charge in [-0.3, -0.25) is 4.79 Å². The lowest BCUT2D eigenvalue weighted by molar-refractivity contribution is -0.137. The maximum Gasteiger partial charge on any atom is 0.416 e. The van der Waals surface area contributed by atoms with Crippen LogP contribution in [0.3, 0.4) is 0 Å². The van der Waals surface area contributed by atoms with Crippen LogP contribution >= 0.6 is 11.6 Å². The van der Waals surface area contributed by atoms with Crippen LogP contribution in [-0.4, -0.2) is 19.6 Å². The van der Waals surface area contributed by atoms with E-state index in [4.69, 9.17) is 16.3 Å². The van der Waals surface area contributed by atoms with E-state index in [-0.39, 0.29) is 11.5 Å². The molecule has 1 aliphatic heterocycles. The fourth-order valence-electron chi connectivity index (χ4n) is 2.98. The van der Waals surface area contributed by atoms with E-state index < -0.39 is 11.7 Å². The summed E-state index contributed by atoms with van der Waals surface area (Å²) in [5.74, 6) is 0.0218. The zero-order valence-electron chi connectivity index (χ0n) is 13.4. The van der Waals surface area contributed by atoms with Gasteiger partial charge in [0, 0.05) is 17.3 Å². The summed E-state index contributed by atoms with van der Waals surface area (Å²) in [5, 5.41) is 0.383. The number of amides is 1. The molecule has 3 nitrogen and oxygen atoms in total. The fourth-order valence-corrected chi connectivity index (χ4v) is 3.15. The van der Waals surface area contributed by atoms with Crippen LogP contribution in [0.1, 0.15) is 27.9 Å². The number of hydrogen-bond donors (Lipinski definition) is 0.